The second-order valence-corrected chi connectivity index (χ2v) is 6.52. The van der Waals surface area contributed by atoms with Crippen molar-refractivity contribution in [2.75, 3.05) is 58.3 Å². The topological polar surface area (TPSA) is 35.7 Å². The Kier molecular flexibility index (Phi) is 5.84. The van der Waals surface area contributed by atoms with Gasteiger partial charge in [0, 0.05) is 56.0 Å². The average molecular weight is 341 g/mol. The summed E-state index contributed by atoms with van der Waals surface area (Å²) in [7, 11) is 4.26. The molecule has 2 rings (SSSR count). The summed E-state index contributed by atoms with van der Waals surface area (Å²) in [5, 5.41) is 0. The van der Waals surface area contributed by atoms with Crippen molar-refractivity contribution in [2.45, 2.75) is 6.54 Å². The van der Waals surface area contributed by atoms with Crippen LogP contribution in [0, 0.1) is 0 Å². The van der Waals surface area contributed by atoms with Gasteiger partial charge in [0.05, 0.1) is 0 Å². The van der Waals surface area contributed by atoms with Crippen LogP contribution in [0.15, 0.2) is 22.7 Å². The molecular weight excluding hydrogens is 316 g/mol. The molecule has 0 atom stereocenters. The quantitative estimate of drug-likeness (QED) is 0.882. The fourth-order valence-electron chi connectivity index (χ4n) is 2.56. The third-order valence-corrected chi connectivity index (χ3v) is 4.34. The number of anilines is 1. The highest BCUT2D eigenvalue weighted by Crippen LogP contribution is 2.26. The van der Waals surface area contributed by atoms with Crippen LogP contribution < -0.4 is 10.6 Å². The Morgan fingerprint density at radius 2 is 1.90 bits per heavy atom. The van der Waals surface area contributed by atoms with Crippen molar-refractivity contribution >= 4 is 21.6 Å². The van der Waals surface area contributed by atoms with Gasteiger partial charge in [-0.2, -0.15) is 0 Å². The summed E-state index contributed by atoms with van der Waals surface area (Å²) < 4.78 is 1.12. The summed E-state index contributed by atoms with van der Waals surface area (Å²) in [5.41, 5.74) is 8.38. The minimum Gasteiger partial charge on any atom is -0.369 e. The summed E-state index contributed by atoms with van der Waals surface area (Å²) in [6.45, 7) is 7.31. The maximum absolute atomic E-state index is 5.86. The predicted octanol–water partition coefficient (Wildman–Crippen LogP) is 1.59. The van der Waals surface area contributed by atoms with Crippen molar-refractivity contribution in [3.05, 3.63) is 28.2 Å². The highest BCUT2D eigenvalue weighted by Gasteiger charge is 2.18. The molecule has 1 heterocycles. The van der Waals surface area contributed by atoms with E-state index in [1.165, 1.54) is 11.3 Å². The molecule has 4 nitrogen and oxygen atoms in total. The zero-order chi connectivity index (χ0) is 14.5. The van der Waals surface area contributed by atoms with Crippen molar-refractivity contribution in [3.63, 3.8) is 0 Å². The van der Waals surface area contributed by atoms with E-state index in [0.717, 1.165) is 43.7 Å². The van der Waals surface area contributed by atoms with Gasteiger partial charge in [-0.05, 0) is 31.8 Å². The highest BCUT2D eigenvalue weighted by molar-refractivity contribution is 9.10. The van der Waals surface area contributed by atoms with Gasteiger partial charge >= 0.3 is 0 Å². The zero-order valence-corrected chi connectivity index (χ0v) is 14.1. The van der Waals surface area contributed by atoms with E-state index in [9.17, 15) is 0 Å². The lowest BCUT2D eigenvalue weighted by Gasteiger charge is -2.37. The first-order valence-corrected chi connectivity index (χ1v) is 8.00. The van der Waals surface area contributed by atoms with Crippen LogP contribution in [0.2, 0.25) is 0 Å². The van der Waals surface area contributed by atoms with Crippen LogP contribution >= 0.6 is 15.9 Å². The first kappa shape index (κ1) is 15.8. The van der Waals surface area contributed by atoms with Crippen LogP contribution in [-0.2, 0) is 6.54 Å². The van der Waals surface area contributed by atoms with Crippen LogP contribution in [0.1, 0.15) is 5.56 Å². The molecule has 112 valence electrons. The minimum atomic E-state index is 0.601. The Morgan fingerprint density at radius 3 is 2.50 bits per heavy atom. The Balaban J connectivity index is 1.95. The normalized spacial score (nSPS) is 16.9. The summed E-state index contributed by atoms with van der Waals surface area (Å²) >= 11 is 3.56. The molecule has 1 aliphatic heterocycles. The monoisotopic (exact) mass is 340 g/mol. The lowest BCUT2D eigenvalue weighted by atomic mass is 10.1. The van der Waals surface area contributed by atoms with Crippen molar-refractivity contribution in [2.24, 2.45) is 5.73 Å². The second-order valence-electron chi connectivity index (χ2n) is 5.61. The standard InChI is InChI=1S/C15H25BrN4/c1-18(2)5-6-19-7-9-20(10-8-19)15-11-14(16)4-3-13(15)12-17/h3-4,11H,5-10,12,17H2,1-2H3. The first-order chi connectivity index (χ1) is 9.60. The van der Waals surface area contributed by atoms with Gasteiger partial charge in [-0.25, -0.2) is 0 Å². The van der Waals surface area contributed by atoms with Crippen molar-refractivity contribution in [1.29, 1.82) is 0 Å². The molecule has 2 N–H and O–H groups in total. The van der Waals surface area contributed by atoms with E-state index in [0.29, 0.717) is 6.54 Å². The van der Waals surface area contributed by atoms with Crippen molar-refractivity contribution in [1.82, 2.24) is 9.80 Å². The van der Waals surface area contributed by atoms with Crippen LogP contribution in [0.4, 0.5) is 5.69 Å². The molecule has 0 saturated carbocycles. The van der Waals surface area contributed by atoms with Gasteiger partial charge in [0.15, 0.2) is 0 Å². The largest absolute Gasteiger partial charge is 0.369 e. The van der Waals surface area contributed by atoms with E-state index >= 15 is 0 Å². The lowest BCUT2D eigenvalue weighted by molar-refractivity contribution is 0.229. The molecule has 0 aromatic heterocycles. The fraction of sp³-hybridized carbons (Fsp3) is 0.600. The summed E-state index contributed by atoms with van der Waals surface area (Å²) in [4.78, 5) is 7.24. The number of halogens is 1. The molecule has 20 heavy (non-hydrogen) atoms. The van der Waals surface area contributed by atoms with Crippen LogP contribution in [0.5, 0.6) is 0 Å². The smallest absolute Gasteiger partial charge is 0.0423 e. The molecule has 0 aliphatic carbocycles. The molecule has 1 saturated heterocycles. The molecule has 5 heteroatoms. The number of rotatable bonds is 5. The molecule has 1 fully saturated rings. The van der Waals surface area contributed by atoms with Crippen molar-refractivity contribution < 1.29 is 0 Å². The third-order valence-electron chi connectivity index (χ3n) is 3.84. The van der Waals surface area contributed by atoms with Crippen LogP contribution in [0.25, 0.3) is 0 Å². The predicted molar refractivity (Wildman–Crippen MR) is 89.2 cm³/mol. The molecular formula is C15H25BrN4. The van der Waals surface area contributed by atoms with Gasteiger partial charge in [0.1, 0.15) is 0 Å². The van der Waals surface area contributed by atoms with Crippen LogP contribution in [-0.4, -0.2) is 63.2 Å². The Hall–Kier alpha value is -0.620. The second kappa shape index (κ2) is 7.41. The van der Waals surface area contributed by atoms with Gasteiger partial charge in [0.2, 0.25) is 0 Å². The number of benzene rings is 1. The number of likely N-dealkylation sites (N-methyl/N-ethyl adjacent to an activating group) is 1. The molecule has 0 bridgehead atoms. The average Bonchev–Trinajstić information content (AvgIpc) is 2.45. The lowest BCUT2D eigenvalue weighted by Crippen LogP contribution is -2.48. The Labute approximate surface area is 130 Å². The SMILES string of the molecule is CN(C)CCN1CCN(c2cc(Br)ccc2CN)CC1. The van der Waals surface area contributed by atoms with Crippen LogP contribution in [0.3, 0.4) is 0 Å². The minimum absolute atomic E-state index is 0.601. The Bertz CT molecular complexity index is 428. The molecule has 0 unspecified atom stereocenters. The maximum Gasteiger partial charge on any atom is 0.0423 e. The number of nitrogens with two attached hydrogens (primary N) is 1. The summed E-state index contributed by atoms with van der Waals surface area (Å²) in [6, 6.07) is 6.38. The molecule has 0 amide bonds. The first-order valence-electron chi connectivity index (χ1n) is 7.20. The van der Waals surface area contributed by atoms with E-state index in [4.69, 9.17) is 5.73 Å². The Morgan fingerprint density at radius 1 is 1.20 bits per heavy atom. The van der Waals surface area contributed by atoms with E-state index in [1.807, 2.05) is 0 Å². The molecule has 1 aromatic rings. The van der Waals surface area contributed by atoms with Gasteiger partial charge < -0.3 is 15.5 Å². The van der Waals surface area contributed by atoms with E-state index in [2.05, 4.69) is 62.9 Å². The fourth-order valence-corrected chi connectivity index (χ4v) is 2.91. The van der Waals surface area contributed by atoms with Gasteiger partial charge in [-0.1, -0.05) is 22.0 Å². The third kappa shape index (κ3) is 4.19. The van der Waals surface area contributed by atoms with E-state index < -0.39 is 0 Å². The zero-order valence-electron chi connectivity index (χ0n) is 12.5. The highest BCUT2D eigenvalue weighted by atomic mass is 79.9. The maximum atomic E-state index is 5.86. The van der Waals surface area contributed by atoms with Gasteiger partial charge in [-0.15, -0.1) is 0 Å². The molecule has 0 radical (unpaired) electrons. The van der Waals surface area contributed by atoms with E-state index in [1.54, 1.807) is 0 Å². The summed E-state index contributed by atoms with van der Waals surface area (Å²) in [5.74, 6) is 0. The number of hydrogen-bond donors (Lipinski definition) is 1. The number of hydrogen-bond acceptors (Lipinski definition) is 4. The van der Waals surface area contributed by atoms with Gasteiger partial charge in [0.25, 0.3) is 0 Å². The molecule has 0 spiro atoms. The molecule has 1 aliphatic rings. The van der Waals surface area contributed by atoms with Crippen molar-refractivity contribution in [3.8, 4) is 0 Å². The number of nitrogens with zero attached hydrogens (tertiary/aromatic N) is 3. The van der Waals surface area contributed by atoms with Gasteiger partial charge in [-0.3, -0.25) is 4.90 Å². The summed E-state index contributed by atoms with van der Waals surface area (Å²) in [6.07, 6.45) is 0. The molecule has 1 aromatic carbocycles. The van der Waals surface area contributed by atoms with E-state index in [-0.39, 0.29) is 0 Å². The number of piperazine rings is 1.